The lowest BCUT2D eigenvalue weighted by molar-refractivity contribution is -0.151. The van der Waals surface area contributed by atoms with E-state index in [1.54, 1.807) is 18.2 Å². The van der Waals surface area contributed by atoms with Crippen molar-refractivity contribution in [1.82, 2.24) is 9.21 Å². The molecule has 5 rings (SSSR count). The zero-order valence-electron chi connectivity index (χ0n) is 22.8. The number of sulfonamides is 1. The summed E-state index contributed by atoms with van der Waals surface area (Å²) in [5.41, 5.74) is 5.50. The second-order valence-electron chi connectivity index (χ2n) is 10.9. The molecule has 11 heteroatoms. The molecule has 2 fully saturated rings. The quantitative estimate of drug-likeness (QED) is 0.340. The summed E-state index contributed by atoms with van der Waals surface area (Å²) in [6.45, 7) is 0.365. The number of piperidine rings is 1. The number of hydrogen-bond donors (Lipinski definition) is 1. The first-order valence-corrected chi connectivity index (χ1v) is 16.1. The third-order valence-corrected chi connectivity index (χ3v) is 10.4. The Hall–Kier alpha value is -2.60. The smallest absolute Gasteiger partial charge is 0.298 e. The maximum Gasteiger partial charge on any atom is 0.298 e. The number of rotatable bonds is 8. The number of carbonyl (C=O) groups is 1. The summed E-state index contributed by atoms with van der Waals surface area (Å²) in [7, 11) is -3.47. The Labute approximate surface area is 247 Å². The van der Waals surface area contributed by atoms with E-state index in [4.69, 9.17) is 10.5 Å². The number of nitrogens with zero attached hydrogens (tertiary/aromatic N) is 2. The van der Waals surface area contributed by atoms with Gasteiger partial charge in [0.15, 0.2) is 6.04 Å². The number of alkyl halides is 2. The molecule has 1 saturated carbocycles. The molecule has 1 aliphatic carbocycles. The Morgan fingerprint density at radius 2 is 1.61 bits per heavy atom. The van der Waals surface area contributed by atoms with Gasteiger partial charge in [0, 0.05) is 36.2 Å². The summed E-state index contributed by atoms with van der Waals surface area (Å²) in [6, 6.07) is 12.7. The molecule has 0 radical (unpaired) electrons. The molecule has 3 aromatic rings. The van der Waals surface area contributed by atoms with E-state index in [1.807, 2.05) is 6.07 Å². The lowest BCUT2D eigenvalue weighted by Crippen LogP contribution is -2.58. The number of halogens is 3. The van der Waals surface area contributed by atoms with Gasteiger partial charge >= 0.3 is 0 Å². The van der Waals surface area contributed by atoms with Gasteiger partial charge in [-0.25, -0.2) is 8.42 Å². The number of hydrogen-bond acceptors (Lipinski definition) is 5. The number of amides is 1. The van der Waals surface area contributed by atoms with Gasteiger partial charge in [0.25, 0.3) is 5.92 Å². The summed E-state index contributed by atoms with van der Waals surface area (Å²) in [5, 5.41) is 1.38. The van der Waals surface area contributed by atoms with Crippen LogP contribution in [0.3, 0.4) is 0 Å². The van der Waals surface area contributed by atoms with Gasteiger partial charge in [0.2, 0.25) is 15.9 Å². The first-order chi connectivity index (χ1) is 19.5. The Kier molecular flexibility index (Phi) is 8.71. The molecular formula is C30H34BrF2N3O4S. The van der Waals surface area contributed by atoms with Crippen LogP contribution in [0, 0.1) is 0 Å². The second kappa shape index (κ2) is 11.9. The first-order valence-electron chi connectivity index (χ1n) is 13.8. The highest BCUT2D eigenvalue weighted by Crippen LogP contribution is 2.39. The fraction of sp³-hybridized carbons (Fsp3) is 0.433. The van der Waals surface area contributed by atoms with Crippen molar-refractivity contribution in [1.29, 1.82) is 0 Å². The molecular weight excluding hydrogens is 616 g/mol. The van der Waals surface area contributed by atoms with Gasteiger partial charge in [-0.15, -0.1) is 0 Å². The Morgan fingerprint density at radius 3 is 2.27 bits per heavy atom. The van der Waals surface area contributed by atoms with Crippen LogP contribution in [-0.2, 0) is 20.7 Å². The van der Waals surface area contributed by atoms with Crippen molar-refractivity contribution in [3.63, 3.8) is 0 Å². The first kappa shape index (κ1) is 29.9. The number of fused-ring (bicyclic) bond motifs is 1. The minimum Gasteiger partial charge on any atom is -0.490 e. The van der Waals surface area contributed by atoms with Crippen LogP contribution in [0.15, 0.2) is 70.0 Å². The number of carbonyl (C=O) groups excluding carboxylic acids is 1. The van der Waals surface area contributed by atoms with E-state index in [1.165, 1.54) is 41.3 Å². The Morgan fingerprint density at radius 1 is 1.00 bits per heavy atom. The van der Waals surface area contributed by atoms with Crippen LogP contribution < -0.4 is 10.5 Å². The summed E-state index contributed by atoms with van der Waals surface area (Å²) in [6.07, 6.45) is 5.39. The largest absolute Gasteiger partial charge is 0.490 e. The molecule has 3 aromatic carbocycles. The van der Waals surface area contributed by atoms with E-state index in [9.17, 15) is 13.2 Å². The van der Waals surface area contributed by atoms with E-state index in [0.29, 0.717) is 32.8 Å². The summed E-state index contributed by atoms with van der Waals surface area (Å²) in [5.74, 6) is -4.06. The molecule has 1 saturated heterocycles. The van der Waals surface area contributed by atoms with Crippen molar-refractivity contribution in [3.05, 3.63) is 70.7 Å². The van der Waals surface area contributed by atoms with Gasteiger partial charge in [-0.3, -0.25) is 4.79 Å². The molecule has 41 heavy (non-hydrogen) atoms. The lowest BCUT2D eigenvalue weighted by Gasteiger charge is -2.38. The normalized spacial score (nSPS) is 18.2. The fourth-order valence-corrected chi connectivity index (χ4v) is 7.21. The second-order valence-corrected chi connectivity index (χ2v) is 13.8. The SMILES string of the molecule is CN([C@@H](C(=O)N1CCC(N)CC1)C(F)(F)c1ccc(Br)cc1)S(=O)(=O)c1ccc2cc(OC3CCCC3)ccc2c1. The standard InChI is InChI=1S/C30H34BrF2N3O4S/c1-35(28(29(37)36-16-14-24(34)15-17-36)30(32,33)22-8-10-23(31)11-9-22)41(38,39)27-13-7-20-18-26(12-6-21(20)19-27)40-25-4-2-3-5-25/h6-13,18-19,24-25,28H,2-5,14-17,34H2,1H3/t28-/m0/s1. The van der Waals surface area contributed by atoms with Crippen molar-refractivity contribution in [3.8, 4) is 5.75 Å². The molecule has 1 heterocycles. The number of likely N-dealkylation sites (N-methyl/N-ethyl adjacent to an activating group) is 1. The van der Waals surface area contributed by atoms with Crippen LogP contribution in [0.2, 0.25) is 0 Å². The fourth-order valence-electron chi connectivity index (χ4n) is 5.60. The van der Waals surface area contributed by atoms with E-state index in [2.05, 4.69) is 15.9 Å². The van der Waals surface area contributed by atoms with Gasteiger partial charge in [0.05, 0.1) is 11.0 Å². The molecule has 7 nitrogen and oxygen atoms in total. The van der Waals surface area contributed by atoms with Gasteiger partial charge in [-0.1, -0.05) is 40.2 Å². The number of likely N-dealkylation sites (tertiary alicyclic amines) is 1. The molecule has 1 aliphatic heterocycles. The summed E-state index contributed by atoms with van der Waals surface area (Å²) in [4.78, 5) is 14.8. The average molecular weight is 651 g/mol. The molecule has 220 valence electrons. The number of ether oxygens (including phenoxy) is 1. The van der Waals surface area contributed by atoms with E-state index < -0.39 is 33.5 Å². The van der Waals surface area contributed by atoms with Crippen molar-refractivity contribution in [2.24, 2.45) is 5.73 Å². The van der Waals surface area contributed by atoms with Crippen LogP contribution in [-0.4, -0.2) is 61.9 Å². The van der Waals surface area contributed by atoms with Crippen LogP contribution in [0.4, 0.5) is 8.78 Å². The molecule has 0 unspecified atom stereocenters. The Balaban J connectivity index is 1.48. The monoisotopic (exact) mass is 649 g/mol. The van der Waals surface area contributed by atoms with Gasteiger partial charge in [0.1, 0.15) is 5.75 Å². The molecule has 0 bridgehead atoms. The number of benzene rings is 3. The lowest BCUT2D eigenvalue weighted by atomic mass is 9.98. The predicted molar refractivity (Wildman–Crippen MR) is 157 cm³/mol. The van der Waals surface area contributed by atoms with E-state index in [0.717, 1.165) is 38.1 Å². The highest BCUT2D eigenvalue weighted by Gasteiger charge is 2.53. The third-order valence-electron chi connectivity index (χ3n) is 8.09. The van der Waals surface area contributed by atoms with Crippen LogP contribution in [0.1, 0.15) is 44.1 Å². The van der Waals surface area contributed by atoms with Crippen molar-refractivity contribution < 1.29 is 26.7 Å². The van der Waals surface area contributed by atoms with Gasteiger partial charge < -0.3 is 15.4 Å². The van der Waals surface area contributed by atoms with Gasteiger partial charge in [-0.05, 0) is 85.7 Å². The van der Waals surface area contributed by atoms with Crippen molar-refractivity contribution >= 4 is 42.6 Å². The molecule has 0 spiro atoms. The minimum absolute atomic E-state index is 0.132. The van der Waals surface area contributed by atoms with Crippen LogP contribution in [0.5, 0.6) is 5.75 Å². The highest BCUT2D eigenvalue weighted by molar-refractivity contribution is 9.10. The molecule has 2 N–H and O–H groups in total. The van der Waals surface area contributed by atoms with E-state index >= 15 is 8.78 Å². The van der Waals surface area contributed by atoms with Gasteiger partial charge in [-0.2, -0.15) is 13.1 Å². The molecule has 1 atom stereocenters. The summed E-state index contributed by atoms with van der Waals surface area (Å²) < 4.78 is 67.3. The highest BCUT2D eigenvalue weighted by atomic mass is 79.9. The van der Waals surface area contributed by atoms with E-state index in [-0.39, 0.29) is 30.1 Å². The average Bonchev–Trinajstić information content (AvgIpc) is 3.46. The maximum absolute atomic E-state index is 16.2. The molecule has 1 amide bonds. The third kappa shape index (κ3) is 6.28. The Bertz CT molecular complexity index is 1510. The predicted octanol–water partition coefficient (Wildman–Crippen LogP) is 5.65. The van der Waals surface area contributed by atoms with Crippen molar-refractivity contribution in [2.75, 3.05) is 20.1 Å². The van der Waals surface area contributed by atoms with Crippen LogP contribution in [0.25, 0.3) is 10.8 Å². The van der Waals surface area contributed by atoms with Crippen molar-refractivity contribution in [2.45, 2.75) is 67.5 Å². The zero-order chi connectivity index (χ0) is 29.4. The summed E-state index contributed by atoms with van der Waals surface area (Å²) >= 11 is 3.24. The molecule has 0 aromatic heterocycles. The topological polar surface area (TPSA) is 92.9 Å². The maximum atomic E-state index is 16.2. The number of nitrogens with two attached hydrogens (primary N) is 1. The van der Waals surface area contributed by atoms with Crippen LogP contribution >= 0.6 is 15.9 Å². The zero-order valence-corrected chi connectivity index (χ0v) is 25.2. The minimum atomic E-state index is -4.51. The molecule has 2 aliphatic rings.